The van der Waals surface area contributed by atoms with E-state index in [4.69, 9.17) is 4.74 Å². The summed E-state index contributed by atoms with van der Waals surface area (Å²) in [7, 11) is 0. The minimum Gasteiger partial charge on any atom is -0.382 e. The molecular formula is C16H24N2O2. The van der Waals surface area contributed by atoms with Gasteiger partial charge in [-0.15, -0.1) is 0 Å². The third kappa shape index (κ3) is 3.73. The number of ether oxygens (including phenoxy) is 1. The smallest absolute Gasteiger partial charge is 0.256 e. The number of para-hydroxylation sites is 1. The Balaban J connectivity index is 2.19. The fourth-order valence-corrected chi connectivity index (χ4v) is 2.46. The molecule has 1 heterocycles. The minimum absolute atomic E-state index is 0.0890. The first-order chi connectivity index (χ1) is 9.58. The van der Waals surface area contributed by atoms with Gasteiger partial charge in [-0.1, -0.05) is 12.1 Å². The van der Waals surface area contributed by atoms with Crippen molar-refractivity contribution in [1.29, 1.82) is 0 Å². The van der Waals surface area contributed by atoms with E-state index in [1.807, 2.05) is 36.1 Å². The van der Waals surface area contributed by atoms with Crippen molar-refractivity contribution in [3.05, 3.63) is 29.8 Å². The van der Waals surface area contributed by atoms with Gasteiger partial charge in [0.1, 0.15) is 0 Å². The zero-order valence-corrected chi connectivity index (χ0v) is 12.6. The average molecular weight is 276 g/mol. The standard InChI is InChI=1S/C16H24N2O2/c1-12(2)17-15-8-5-4-7-14(15)16(19)18-9-6-10-20-13(3)11-18/h4-5,7-8,12-13,17H,6,9-11H2,1-3H3. The fourth-order valence-electron chi connectivity index (χ4n) is 2.46. The number of carbonyl (C=O) groups is 1. The van der Waals surface area contributed by atoms with Crippen LogP contribution >= 0.6 is 0 Å². The summed E-state index contributed by atoms with van der Waals surface area (Å²) in [5.74, 6) is 0.0890. The Morgan fingerprint density at radius 3 is 2.90 bits per heavy atom. The molecular weight excluding hydrogens is 252 g/mol. The molecule has 20 heavy (non-hydrogen) atoms. The van der Waals surface area contributed by atoms with E-state index >= 15 is 0 Å². The number of carbonyl (C=O) groups excluding carboxylic acids is 1. The molecule has 0 bridgehead atoms. The van der Waals surface area contributed by atoms with Gasteiger partial charge < -0.3 is 15.0 Å². The number of nitrogens with one attached hydrogen (secondary N) is 1. The quantitative estimate of drug-likeness (QED) is 0.923. The van der Waals surface area contributed by atoms with Crippen molar-refractivity contribution in [1.82, 2.24) is 4.90 Å². The summed E-state index contributed by atoms with van der Waals surface area (Å²) in [6.45, 7) is 8.32. The van der Waals surface area contributed by atoms with E-state index in [9.17, 15) is 4.79 Å². The lowest BCUT2D eigenvalue weighted by Crippen LogP contribution is -2.36. The maximum atomic E-state index is 12.7. The minimum atomic E-state index is 0.0890. The van der Waals surface area contributed by atoms with E-state index in [1.54, 1.807) is 0 Å². The number of benzene rings is 1. The predicted octanol–water partition coefficient (Wildman–Crippen LogP) is 2.76. The fraction of sp³-hybridized carbons (Fsp3) is 0.562. The maximum Gasteiger partial charge on any atom is 0.256 e. The summed E-state index contributed by atoms with van der Waals surface area (Å²) in [6, 6.07) is 8.02. The number of amides is 1. The Morgan fingerprint density at radius 1 is 1.40 bits per heavy atom. The molecule has 1 amide bonds. The van der Waals surface area contributed by atoms with Crippen LogP contribution in [0.5, 0.6) is 0 Å². The van der Waals surface area contributed by atoms with Gasteiger partial charge in [0, 0.05) is 31.4 Å². The van der Waals surface area contributed by atoms with Gasteiger partial charge in [-0.05, 0) is 39.3 Å². The van der Waals surface area contributed by atoms with Crippen LogP contribution in [-0.4, -0.2) is 42.6 Å². The number of hydrogen-bond donors (Lipinski definition) is 1. The van der Waals surface area contributed by atoms with Crippen molar-refractivity contribution in [3.8, 4) is 0 Å². The molecule has 1 atom stereocenters. The van der Waals surface area contributed by atoms with Gasteiger partial charge >= 0.3 is 0 Å². The van der Waals surface area contributed by atoms with Crippen LogP contribution in [0.2, 0.25) is 0 Å². The molecule has 1 fully saturated rings. The second kappa shape index (κ2) is 6.75. The topological polar surface area (TPSA) is 41.6 Å². The Bertz CT molecular complexity index is 460. The van der Waals surface area contributed by atoms with Crippen molar-refractivity contribution in [2.75, 3.05) is 25.0 Å². The number of rotatable bonds is 3. The normalized spacial score (nSPS) is 19.8. The van der Waals surface area contributed by atoms with Crippen molar-refractivity contribution < 1.29 is 9.53 Å². The molecule has 0 aliphatic carbocycles. The number of hydrogen-bond acceptors (Lipinski definition) is 3. The van der Waals surface area contributed by atoms with Gasteiger partial charge in [-0.3, -0.25) is 4.79 Å². The van der Waals surface area contributed by atoms with E-state index in [2.05, 4.69) is 19.2 Å². The third-order valence-corrected chi connectivity index (χ3v) is 3.34. The van der Waals surface area contributed by atoms with Crippen LogP contribution in [0, 0.1) is 0 Å². The van der Waals surface area contributed by atoms with Crippen molar-refractivity contribution in [2.45, 2.75) is 39.3 Å². The molecule has 0 saturated carbocycles. The molecule has 4 heteroatoms. The summed E-state index contributed by atoms with van der Waals surface area (Å²) in [5, 5.41) is 3.34. The summed E-state index contributed by atoms with van der Waals surface area (Å²) in [5.41, 5.74) is 1.65. The Labute approximate surface area is 121 Å². The lowest BCUT2D eigenvalue weighted by Gasteiger charge is -2.24. The van der Waals surface area contributed by atoms with Crippen LogP contribution < -0.4 is 5.32 Å². The Kier molecular flexibility index (Phi) is 5.01. The SMILES string of the molecule is CC(C)Nc1ccccc1C(=O)N1CCCOC(C)C1. The van der Waals surface area contributed by atoms with E-state index in [0.29, 0.717) is 12.6 Å². The largest absolute Gasteiger partial charge is 0.382 e. The third-order valence-electron chi connectivity index (χ3n) is 3.34. The summed E-state index contributed by atoms with van der Waals surface area (Å²) >= 11 is 0. The van der Waals surface area contributed by atoms with E-state index in [-0.39, 0.29) is 12.0 Å². The maximum absolute atomic E-state index is 12.7. The Hall–Kier alpha value is -1.55. The average Bonchev–Trinajstić information content (AvgIpc) is 2.62. The molecule has 1 aromatic rings. The molecule has 1 aromatic carbocycles. The highest BCUT2D eigenvalue weighted by Crippen LogP contribution is 2.19. The zero-order valence-electron chi connectivity index (χ0n) is 12.6. The lowest BCUT2D eigenvalue weighted by atomic mass is 10.1. The molecule has 4 nitrogen and oxygen atoms in total. The molecule has 0 radical (unpaired) electrons. The highest BCUT2D eigenvalue weighted by molar-refractivity contribution is 5.99. The summed E-state index contributed by atoms with van der Waals surface area (Å²) in [6.07, 6.45) is 1.00. The van der Waals surface area contributed by atoms with Crippen LogP contribution in [-0.2, 0) is 4.74 Å². The highest BCUT2D eigenvalue weighted by atomic mass is 16.5. The summed E-state index contributed by atoms with van der Waals surface area (Å²) < 4.78 is 5.60. The first kappa shape index (κ1) is 14.9. The zero-order chi connectivity index (χ0) is 14.5. The second-order valence-corrected chi connectivity index (χ2v) is 5.63. The van der Waals surface area contributed by atoms with Crippen molar-refractivity contribution in [3.63, 3.8) is 0 Å². The number of nitrogens with zero attached hydrogens (tertiary/aromatic N) is 1. The second-order valence-electron chi connectivity index (χ2n) is 5.63. The van der Waals surface area contributed by atoms with Gasteiger partial charge in [-0.2, -0.15) is 0 Å². The molecule has 1 unspecified atom stereocenters. The molecule has 0 spiro atoms. The van der Waals surface area contributed by atoms with Crippen molar-refractivity contribution in [2.24, 2.45) is 0 Å². The molecule has 2 rings (SSSR count). The van der Waals surface area contributed by atoms with Crippen LogP contribution in [0.25, 0.3) is 0 Å². The van der Waals surface area contributed by atoms with Crippen LogP contribution in [0.4, 0.5) is 5.69 Å². The first-order valence-corrected chi connectivity index (χ1v) is 7.34. The van der Waals surface area contributed by atoms with Crippen LogP contribution in [0.15, 0.2) is 24.3 Å². The lowest BCUT2D eigenvalue weighted by molar-refractivity contribution is 0.0563. The summed E-state index contributed by atoms with van der Waals surface area (Å²) in [4.78, 5) is 14.6. The van der Waals surface area contributed by atoms with E-state index < -0.39 is 0 Å². The van der Waals surface area contributed by atoms with Crippen molar-refractivity contribution >= 4 is 11.6 Å². The van der Waals surface area contributed by atoms with Gasteiger partial charge in [0.05, 0.1) is 11.7 Å². The molecule has 1 aliphatic rings. The first-order valence-electron chi connectivity index (χ1n) is 7.34. The molecule has 1 saturated heterocycles. The number of anilines is 1. The predicted molar refractivity (Wildman–Crippen MR) is 81.1 cm³/mol. The Morgan fingerprint density at radius 2 is 2.15 bits per heavy atom. The van der Waals surface area contributed by atoms with E-state index in [1.165, 1.54) is 0 Å². The van der Waals surface area contributed by atoms with Gasteiger partial charge in [0.15, 0.2) is 0 Å². The monoisotopic (exact) mass is 276 g/mol. The molecule has 110 valence electrons. The van der Waals surface area contributed by atoms with Crippen LogP contribution in [0.3, 0.4) is 0 Å². The van der Waals surface area contributed by atoms with Gasteiger partial charge in [-0.25, -0.2) is 0 Å². The molecule has 0 aromatic heterocycles. The van der Waals surface area contributed by atoms with Crippen LogP contribution in [0.1, 0.15) is 37.6 Å². The highest BCUT2D eigenvalue weighted by Gasteiger charge is 2.22. The molecule has 1 aliphatic heterocycles. The van der Waals surface area contributed by atoms with E-state index in [0.717, 1.165) is 30.8 Å². The van der Waals surface area contributed by atoms with Gasteiger partial charge in [0.25, 0.3) is 5.91 Å². The van der Waals surface area contributed by atoms with Gasteiger partial charge in [0.2, 0.25) is 0 Å². The molecule has 1 N–H and O–H groups in total.